The van der Waals surface area contributed by atoms with Crippen LogP contribution in [0.1, 0.15) is 25.0 Å². The average molecular weight is 278 g/mol. The summed E-state index contributed by atoms with van der Waals surface area (Å²) in [6, 6.07) is -0.0603. The first-order valence-electron chi connectivity index (χ1n) is 6.23. The minimum absolute atomic E-state index is 0.0603. The lowest BCUT2D eigenvalue weighted by atomic mass is 10.0. The number of aromatic nitrogens is 3. The van der Waals surface area contributed by atoms with Gasteiger partial charge in [-0.3, -0.25) is 4.79 Å². The van der Waals surface area contributed by atoms with E-state index in [1.165, 1.54) is 17.9 Å². The molecule has 0 amide bonds. The fraction of sp³-hybridized carbons (Fsp3) is 0.500. The highest BCUT2D eigenvalue weighted by Gasteiger charge is 2.33. The van der Waals surface area contributed by atoms with Crippen molar-refractivity contribution in [2.45, 2.75) is 32.2 Å². The van der Waals surface area contributed by atoms with Crippen molar-refractivity contribution in [3.05, 3.63) is 12.0 Å². The Hall–Kier alpha value is -1.76. The molecule has 1 saturated carbocycles. The molecule has 0 radical (unpaired) electrons. The Labute approximate surface area is 114 Å². The number of anilines is 1. The Morgan fingerprint density at radius 1 is 1.47 bits per heavy atom. The van der Waals surface area contributed by atoms with E-state index in [1.54, 1.807) is 0 Å². The predicted octanol–water partition coefficient (Wildman–Crippen LogP) is 2.06. The van der Waals surface area contributed by atoms with Crippen LogP contribution in [-0.4, -0.2) is 31.5 Å². The van der Waals surface area contributed by atoms with Crippen LogP contribution in [-0.2, 0) is 4.79 Å². The minimum atomic E-state index is -0.736. The highest BCUT2D eigenvalue weighted by molar-refractivity contribution is 7.13. The lowest BCUT2D eigenvalue weighted by Gasteiger charge is -2.18. The number of aryl methyl sites for hydroxylation is 1. The second kappa shape index (κ2) is 4.73. The third-order valence-corrected chi connectivity index (χ3v) is 4.45. The zero-order chi connectivity index (χ0) is 13.4. The molecule has 7 heteroatoms. The molecule has 2 N–H and O–H groups in total. The van der Waals surface area contributed by atoms with Crippen molar-refractivity contribution in [3.63, 3.8) is 0 Å². The van der Waals surface area contributed by atoms with Gasteiger partial charge in [0.2, 0.25) is 0 Å². The molecule has 1 aliphatic carbocycles. The lowest BCUT2D eigenvalue weighted by Crippen LogP contribution is -2.30. The lowest BCUT2D eigenvalue weighted by molar-refractivity contribution is -0.141. The van der Waals surface area contributed by atoms with Gasteiger partial charge < -0.3 is 10.4 Å². The number of rotatable bonds is 3. The molecule has 2 heterocycles. The van der Waals surface area contributed by atoms with Crippen LogP contribution in [0.4, 0.5) is 5.82 Å². The first-order chi connectivity index (χ1) is 9.16. The number of hydrogen-bond acceptors (Lipinski definition) is 6. The quantitative estimate of drug-likeness (QED) is 0.893. The fourth-order valence-electron chi connectivity index (χ4n) is 2.64. The Kier molecular flexibility index (Phi) is 3.06. The van der Waals surface area contributed by atoms with Crippen molar-refractivity contribution >= 4 is 33.5 Å². The molecule has 100 valence electrons. The second-order valence-electron chi connectivity index (χ2n) is 4.80. The van der Waals surface area contributed by atoms with E-state index < -0.39 is 5.97 Å². The van der Waals surface area contributed by atoms with Gasteiger partial charge >= 0.3 is 5.97 Å². The summed E-state index contributed by atoms with van der Waals surface area (Å²) in [6.45, 7) is 1.91. The highest BCUT2D eigenvalue weighted by atomic mass is 32.1. The zero-order valence-electron chi connectivity index (χ0n) is 10.5. The van der Waals surface area contributed by atoms with Crippen LogP contribution in [0.3, 0.4) is 0 Å². The summed E-state index contributed by atoms with van der Waals surface area (Å²) in [7, 11) is 0. The predicted molar refractivity (Wildman–Crippen MR) is 72.3 cm³/mol. The average Bonchev–Trinajstić information content (AvgIpc) is 2.97. The third kappa shape index (κ3) is 2.14. The van der Waals surface area contributed by atoms with Gasteiger partial charge in [0.1, 0.15) is 17.0 Å². The second-order valence-corrected chi connectivity index (χ2v) is 5.55. The largest absolute Gasteiger partial charge is 0.481 e. The van der Waals surface area contributed by atoms with Crippen molar-refractivity contribution in [2.24, 2.45) is 5.92 Å². The summed E-state index contributed by atoms with van der Waals surface area (Å²) in [5, 5.41) is 13.4. The summed E-state index contributed by atoms with van der Waals surface area (Å²) in [5.41, 5.74) is 0.882. The minimum Gasteiger partial charge on any atom is -0.481 e. The van der Waals surface area contributed by atoms with E-state index in [0.29, 0.717) is 5.82 Å². The van der Waals surface area contributed by atoms with Crippen molar-refractivity contribution in [3.8, 4) is 0 Å². The van der Waals surface area contributed by atoms with Crippen molar-refractivity contribution in [1.82, 2.24) is 14.3 Å². The summed E-state index contributed by atoms with van der Waals surface area (Å²) in [5.74, 6) is -0.369. The van der Waals surface area contributed by atoms with E-state index in [9.17, 15) is 9.90 Å². The van der Waals surface area contributed by atoms with Crippen LogP contribution in [0, 0.1) is 12.8 Å². The molecule has 0 saturated heterocycles. The molecule has 1 fully saturated rings. The molecular formula is C12H14N4O2S. The normalized spacial score (nSPS) is 22.8. The van der Waals surface area contributed by atoms with Crippen LogP contribution in [0.25, 0.3) is 10.2 Å². The van der Waals surface area contributed by atoms with Crippen LogP contribution in [0.15, 0.2) is 6.33 Å². The molecule has 6 nitrogen and oxygen atoms in total. The van der Waals surface area contributed by atoms with Crippen LogP contribution in [0.2, 0.25) is 0 Å². The summed E-state index contributed by atoms with van der Waals surface area (Å²) in [4.78, 5) is 20.5. The fourth-order valence-corrected chi connectivity index (χ4v) is 3.38. The number of fused-ring (bicyclic) bond motifs is 1. The molecule has 2 aromatic heterocycles. The van der Waals surface area contributed by atoms with Gasteiger partial charge in [0.25, 0.3) is 0 Å². The number of hydrogen-bond donors (Lipinski definition) is 2. The topological polar surface area (TPSA) is 88.0 Å². The number of nitrogens with one attached hydrogen (secondary N) is 1. The number of carboxylic acids is 1. The van der Waals surface area contributed by atoms with Gasteiger partial charge in [-0.05, 0) is 31.3 Å². The Morgan fingerprint density at radius 2 is 2.32 bits per heavy atom. The Balaban J connectivity index is 1.93. The maximum Gasteiger partial charge on any atom is 0.308 e. The van der Waals surface area contributed by atoms with Crippen LogP contribution < -0.4 is 5.32 Å². The van der Waals surface area contributed by atoms with Crippen molar-refractivity contribution in [1.29, 1.82) is 0 Å². The number of carbonyl (C=O) groups is 1. The molecule has 19 heavy (non-hydrogen) atoms. The summed E-state index contributed by atoms with van der Waals surface area (Å²) < 4.78 is 4.27. The number of nitrogens with zero attached hydrogens (tertiary/aromatic N) is 3. The molecule has 0 aliphatic heterocycles. The van der Waals surface area contributed by atoms with Gasteiger partial charge in [0.15, 0.2) is 0 Å². The standard InChI is InChI=1S/C12H14N4O2S/c1-6-9-10(13-5-14-11(9)19-16-6)15-8-4-2-3-7(8)12(17)18/h5,7-8H,2-4H2,1H3,(H,17,18)(H,13,14,15). The summed E-state index contributed by atoms with van der Waals surface area (Å²) in [6.07, 6.45) is 4.01. The number of aliphatic carboxylic acids is 1. The van der Waals surface area contributed by atoms with Gasteiger partial charge in [-0.25, -0.2) is 9.97 Å². The van der Waals surface area contributed by atoms with E-state index in [2.05, 4.69) is 19.7 Å². The third-order valence-electron chi connectivity index (χ3n) is 3.60. The first-order valence-corrected chi connectivity index (χ1v) is 7.00. The first kappa shape index (κ1) is 12.3. The molecule has 2 aromatic rings. The molecular weight excluding hydrogens is 264 g/mol. The van der Waals surface area contributed by atoms with E-state index >= 15 is 0 Å². The van der Waals surface area contributed by atoms with Crippen molar-refractivity contribution < 1.29 is 9.90 Å². The monoisotopic (exact) mass is 278 g/mol. The van der Waals surface area contributed by atoms with Gasteiger partial charge in [-0.1, -0.05) is 6.42 Å². The van der Waals surface area contributed by atoms with Gasteiger partial charge in [0, 0.05) is 6.04 Å². The zero-order valence-corrected chi connectivity index (χ0v) is 11.3. The van der Waals surface area contributed by atoms with E-state index in [-0.39, 0.29) is 12.0 Å². The van der Waals surface area contributed by atoms with Crippen molar-refractivity contribution in [2.75, 3.05) is 5.32 Å². The molecule has 2 atom stereocenters. The Bertz CT molecular complexity index is 627. The van der Waals surface area contributed by atoms with Gasteiger partial charge in [0.05, 0.1) is 17.0 Å². The maximum absolute atomic E-state index is 11.2. The van der Waals surface area contributed by atoms with Crippen LogP contribution in [0.5, 0.6) is 0 Å². The van der Waals surface area contributed by atoms with E-state index in [1.807, 2.05) is 6.92 Å². The van der Waals surface area contributed by atoms with E-state index in [4.69, 9.17) is 0 Å². The van der Waals surface area contributed by atoms with E-state index in [0.717, 1.165) is 35.2 Å². The Morgan fingerprint density at radius 3 is 3.11 bits per heavy atom. The van der Waals surface area contributed by atoms with Crippen LogP contribution >= 0.6 is 11.5 Å². The summed E-state index contributed by atoms with van der Waals surface area (Å²) >= 11 is 1.34. The molecule has 0 aromatic carbocycles. The molecule has 2 unspecified atom stereocenters. The maximum atomic E-state index is 11.2. The van der Waals surface area contributed by atoms with Gasteiger partial charge in [-0.15, -0.1) is 0 Å². The van der Waals surface area contributed by atoms with Gasteiger partial charge in [-0.2, -0.15) is 4.37 Å². The smallest absolute Gasteiger partial charge is 0.308 e. The number of carboxylic acid groups (broad SMARTS) is 1. The molecule has 1 aliphatic rings. The SMILES string of the molecule is Cc1nsc2ncnc(NC3CCCC3C(=O)O)c12. The molecule has 3 rings (SSSR count). The molecule has 0 spiro atoms. The highest BCUT2D eigenvalue weighted by Crippen LogP contribution is 2.31. The molecule has 0 bridgehead atoms.